The number of aromatic nitrogens is 1. The minimum atomic E-state index is -3.80. The number of carbonyl (C=O) groups excluding carboxylic acids is 1. The zero-order chi connectivity index (χ0) is 24.8. The van der Waals surface area contributed by atoms with Gasteiger partial charge in [-0.25, -0.2) is 4.39 Å². The number of fused-ring (bicyclic) bond motifs is 2. The Morgan fingerprint density at radius 3 is 2.53 bits per heavy atom. The molecule has 0 spiro atoms. The first kappa shape index (κ1) is 23.9. The fourth-order valence-electron chi connectivity index (χ4n) is 4.23. The van der Waals surface area contributed by atoms with Crippen LogP contribution in [0.4, 0.5) is 4.39 Å². The molecule has 2 aromatic carbocycles. The van der Waals surface area contributed by atoms with Crippen molar-refractivity contribution in [3.8, 4) is 0 Å². The van der Waals surface area contributed by atoms with E-state index in [0.717, 1.165) is 4.41 Å². The zero-order valence-corrected chi connectivity index (χ0v) is 20.7. The number of ether oxygens (including phenoxy) is 1. The number of nitrogens with zero attached hydrogens (tertiary/aromatic N) is 3. The molecule has 0 saturated carbocycles. The quantitative estimate of drug-likeness (QED) is 0.495. The van der Waals surface area contributed by atoms with E-state index < -0.39 is 27.4 Å². The first-order valence-corrected chi connectivity index (χ1v) is 12.6. The average Bonchev–Trinajstić information content (AvgIpc) is 3.00. The van der Waals surface area contributed by atoms with Crippen molar-refractivity contribution in [1.82, 2.24) is 8.98 Å². The smallest absolute Gasteiger partial charge is 0.326 e. The largest absolute Gasteiger partial charge is 0.459 e. The van der Waals surface area contributed by atoms with Crippen LogP contribution in [0.3, 0.4) is 0 Å². The van der Waals surface area contributed by atoms with Crippen LogP contribution in [0.25, 0.3) is 10.9 Å². The Labute approximate surface area is 198 Å². The van der Waals surface area contributed by atoms with Crippen molar-refractivity contribution < 1.29 is 22.3 Å². The summed E-state index contributed by atoms with van der Waals surface area (Å²) in [5, 5.41) is 5.09. The summed E-state index contributed by atoms with van der Waals surface area (Å²) in [7, 11) is -3.80. The molecule has 1 aliphatic heterocycles. The van der Waals surface area contributed by atoms with Crippen LogP contribution in [0.1, 0.15) is 50.9 Å². The van der Waals surface area contributed by atoms with E-state index in [9.17, 15) is 17.6 Å². The molecule has 0 fully saturated rings. The predicted octanol–water partition coefficient (Wildman–Crippen LogP) is 4.60. The normalized spacial score (nSPS) is 15.2. The Morgan fingerprint density at radius 2 is 1.85 bits per heavy atom. The summed E-state index contributed by atoms with van der Waals surface area (Å²) in [6.07, 6.45) is 0.576. The van der Waals surface area contributed by atoms with Crippen molar-refractivity contribution in [3.05, 3.63) is 65.1 Å². The maximum Gasteiger partial charge on any atom is 0.326 e. The van der Waals surface area contributed by atoms with Crippen molar-refractivity contribution in [2.24, 2.45) is 5.10 Å². The van der Waals surface area contributed by atoms with Gasteiger partial charge in [0.25, 0.3) is 10.0 Å². The van der Waals surface area contributed by atoms with E-state index in [-0.39, 0.29) is 18.0 Å². The van der Waals surface area contributed by atoms with Crippen LogP contribution in [-0.2, 0) is 26.1 Å². The molecule has 34 heavy (non-hydrogen) atoms. The molecule has 1 aromatic heterocycles. The zero-order valence-electron chi connectivity index (χ0n) is 19.9. The number of carbonyl (C=O) groups is 1. The van der Waals surface area contributed by atoms with Gasteiger partial charge in [0, 0.05) is 27.7 Å². The van der Waals surface area contributed by atoms with Gasteiger partial charge in [-0.15, -0.1) is 0 Å². The highest BCUT2D eigenvalue weighted by molar-refractivity contribution is 7.89. The Kier molecular flexibility index (Phi) is 6.01. The lowest BCUT2D eigenvalue weighted by atomic mass is 9.99. The van der Waals surface area contributed by atoms with Gasteiger partial charge in [-0.1, -0.05) is 25.1 Å². The van der Waals surface area contributed by atoms with E-state index in [1.807, 2.05) is 13.8 Å². The lowest BCUT2D eigenvalue weighted by Gasteiger charge is -2.27. The second kappa shape index (κ2) is 8.54. The van der Waals surface area contributed by atoms with E-state index in [1.54, 1.807) is 55.7 Å². The van der Waals surface area contributed by atoms with Crippen molar-refractivity contribution in [2.45, 2.75) is 58.1 Å². The number of hydrogen-bond donors (Lipinski definition) is 0. The van der Waals surface area contributed by atoms with Crippen molar-refractivity contribution in [2.75, 3.05) is 6.54 Å². The number of esters is 1. The van der Waals surface area contributed by atoms with Gasteiger partial charge in [0.2, 0.25) is 0 Å². The number of hydrogen-bond acceptors (Lipinski definition) is 5. The van der Waals surface area contributed by atoms with Gasteiger partial charge in [0.1, 0.15) is 23.7 Å². The van der Waals surface area contributed by atoms with E-state index in [0.29, 0.717) is 39.9 Å². The van der Waals surface area contributed by atoms with Gasteiger partial charge < -0.3 is 9.30 Å². The standard InChI is InChI=1S/C25H28FN3O4S/c1-6-13-29-27-24(18-9-7-8-10-21(18)34(29,31)32)23-16(2)28(15-22(30)33-25(3,4)5)20-12-11-17(26)14-19(20)23/h7-12,14H,6,13,15H2,1-5H3. The van der Waals surface area contributed by atoms with Gasteiger partial charge in [-0.2, -0.15) is 17.9 Å². The Morgan fingerprint density at radius 1 is 1.15 bits per heavy atom. The van der Waals surface area contributed by atoms with Crippen LogP contribution >= 0.6 is 0 Å². The molecule has 0 N–H and O–H groups in total. The van der Waals surface area contributed by atoms with E-state index >= 15 is 0 Å². The Hall–Kier alpha value is -3.20. The molecule has 0 radical (unpaired) electrons. The minimum Gasteiger partial charge on any atom is -0.459 e. The highest BCUT2D eigenvalue weighted by Gasteiger charge is 2.35. The molecule has 2 heterocycles. The number of halogens is 1. The van der Waals surface area contributed by atoms with Gasteiger partial charge in [0.15, 0.2) is 0 Å². The highest BCUT2D eigenvalue weighted by atomic mass is 32.2. The van der Waals surface area contributed by atoms with E-state index in [2.05, 4.69) is 5.10 Å². The summed E-state index contributed by atoms with van der Waals surface area (Å²) in [4.78, 5) is 12.8. The molecule has 0 atom stereocenters. The molecule has 0 saturated heterocycles. The molecular weight excluding hydrogens is 457 g/mol. The van der Waals surface area contributed by atoms with Crippen LogP contribution in [0.2, 0.25) is 0 Å². The fraction of sp³-hybridized carbons (Fsp3) is 0.360. The maximum atomic E-state index is 14.4. The first-order chi connectivity index (χ1) is 15.9. The molecule has 1 aliphatic rings. The summed E-state index contributed by atoms with van der Waals surface area (Å²) < 4.78 is 49.0. The fourth-order valence-corrected chi connectivity index (χ4v) is 5.76. The van der Waals surface area contributed by atoms with Crippen molar-refractivity contribution in [1.29, 1.82) is 0 Å². The summed E-state index contributed by atoms with van der Waals surface area (Å²) in [5.74, 6) is -0.865. The molecule has 4 rings (SSSR count). The number of rotatable bonds is 5. The van der Waals surface area contributed by atoms with Gasteiger partial charge in [-0.05, 0) is 58.4 Å². The number of hydrazone groups is 1. The molecule has 9 heteroatoms. The molecular formula is C25H28FN3O4S. The lowest BCUT2D eigenvalue weighted by molar-refractivity contribution is -0.155. The Bertz CT molecular complexity index is 1420. The SMILES string of the molecule is CCCN1N=C(c2c(C)n(CC(=O)OC(C)(C)C)c3ccc(F)cc23)c2ccccc2S1(=O)=O. The predicted molar refractivity (Wildman–Crippen MR) is 129 cm³/mol. The monoisotopic (exact) mass is 485 g/mol. The van der Waals surface area contributed by atoms with Crippen LogP contribution in [0.5, 0.6) is 0 Å². The second-order valence-electron chi connectivity index (χ2n) is 9.29. The average molecular weight is 486 g/mol. The van der Waals surface area contributed by atoms with Gasteiger partial charge in [-0.3, -0.25) is 4.79 Å². The lowest BCUT2D eigenvalue weighted by Crippen LogP contribution is -2.34. The van der Waals surface area contributed by atoms with Crippen LogP contribution in [-0.4, -0.2) is 41.2 Å². The van der Waals surface area contributed by atoms with Crippen LogP contribution in [0, 0.1) is 12.7 Å². The summed E-state index contributed by atoms with van der Waals surface area (Å²) in [5.41, 5.74) is 2.10. The van der Waals surface area contributed by atoms with Gasteiger partial charge in [0.05, 0.1) is 11.4 Å². The molecule has 180 valence electrons. The van der Waals surface area contributed by atoms with Crippen LogP contribution in [0.15, 0.2) is 52.5 Å². The van der Waals surface area contributed by atoms with Crippen molar-refractivity contribution in [3.63, 3.8) is 0 Å². The van der Waals surface area contributed by atoms with Crippen LogP contribution < -0.4 is 0 Å². The first-order valence-electron chi connectivity index (χ1n) is 11.2. The number of benzene rings is 2. The van der Waals surface area contributed by atoms with E-state index in [4.69, 9.17) is 4.74 Å². The highest BCUT2D eigenvalue weighted by Crippen LogP contribution is 2.35. The Balaban J connectivity index is 1.97. The summed E-state index contributed by atoms with van der Waals surface area (Å²) in [6.45, 7) is 9.21. The summed E-state index contributed by atoms with van der Waals surface area (Å²) >= 11 is 0. The third-order valence-corrected chi connectivity index (χ3v) is 7.28. The molecule has 3 aromatic rings. The van der Waals surface area contributed by atoms with Gasteiger partial charge >= 0.3 is 5.97 Å². The number of sulfonamides is 1. The third-order valence-electron chi connectivity index (χ3n) is 5.55. The summed E-state index contributed by atoms with van der Waals surface area (Å²) in [6, 6.07) is 11.0. The maximum absolute atomic E-state index is 14.4. The molecule has 0 aliphatic carbocycles. The third kappa shape index (κ3) is 4.20. The topological polar surface area (TPSA) is 81.0 Å². The molecule has 0 amide bonds. The molecule has 0 unspecified atom stereocenters. The second-order valence-corrected chi connectivity index (χ2v) is 11.1. The molecule has 0 bridgehead atoms. The minimum absolute atomic E-state index is 0.0723. The molecule has 7 nitrogen and oxygen atoms in total. The van der Waals surface area contributed by atoms with E-state index in [1.165, 1.54) is 12.1 Å². The van der Waals surface area contributed by atoms with Crippen molar-refractivity contribution >= 4 is 32.6 Å².